The van der Waals surface area contributed by atoms with E-state index in [-0.39, 0.29) is 0 Å². The third-order valence-electron chi connectivity index (χ3n) is 1.51. The smallest absolute Gasteiger partial charge is 0.0810 e. The maximum absolute atomic E-state index is 5.24. The summed E-state index contributed by atoms with van der Waals surface area (Å²) >= 11 is 0. The first-order valence-corrected chi connectivity index (χ1v) is 3.92. The van der Waals surface area contributed by atoms with Crippen LogP contribution in [0.2, 0.25) is 0 Å². The van der Waals surface area contributed by atoms with Crippen LogP contribution in [0, 0.1) is 6.92 Å². The third kappa shape index (κ3) is 3.85. The second-order valence-corrected chi connectivity index (χ2v) is 2.56. The van der Waals surface area contributed by atoms with E-state index < -0.39 is 0 Å². The molecule has 0 N–H and O–H groups in total. The Bertz CT molecular complexity index is 79.3. The molecule has 1 heterocycles. The highest BCUT2D eigenvalue weighted by molar-refractivity contribution is 4.67. The molecule has 59 valence electrons. The monoisotopic (exact) mass is 143 g/mol. The van der Waals surface area contributed by atoms with Gasteiger partial charge in [-0.3, -0.25) is 0 Å². The van der Waals surface area contributed by atoms with Crippen molar-refractivity contribution in [2.45, 2.75) is 25.4 Å². The van der Waals surface area contributed by atoms with Crippen LogP contribution in [0.15, 0.2) is 0 Å². The summed E-state index contributed by atoms with van der Waals surface area (Å²) in [6, 6.07) is 0. The second kappa shape index (κ2) is 4.69. The summed E-state index contributed by atoms with van der Waals surface area (Å²) in [5.41, 5.74) is 0. The molecule has 0 aromatic heterocycles. The number of hydrogen-bond donors (Lipinski definition) is 0. The zero-order valence-electron chi connectivity index (χ0n) is 6.34. The van der Waals surface area contributed by atoms with E-state index >= 15 is 0 Å². The van der Waals surface area contributed by atoms with Gasteiger partial charge in [0.1, 0.15) is 0 Å². The summed E-state index contributed by atoms with van der Waals surface area (Å²) in [4.78, 5) is 0. The van der Waals surface area contributed by atoms with Gasteiger partial charge in [0.25, 0.3) is 0 Å². The predicted octanol–water partition coefficient (Wildman–Crippen LogP) is 1.41. The van der Waals surface area contributed by atoms with Gasteiger partial charge in [-0.1, -0.05) is 6.92 Å². The normalized spacial score (nSPS) is 23.1. The topological polar surface area (TPSA) is 21.8 Å². The average molecular weight is 143 g/mol. The highest BCUT2D eigenvalue weighted by Crippen LogP contribution is 2.14. The lowest BCUT2D eigenvalue weighted by molar-refractivity contribution is 0.132. The molecular formula is C8H15O2. The van der Waals surface area contributed by atoms with Crippen molar-refractivity contribution in [3.63, 3.8) is 0 Å². The Kier molecular flexibility index (Phi) is 3.76. The van der Waals surface area contributed by atoms with E-state index in [2.05, 4.69) is 6.92 Å². The summed E-state index contributed by atoms with van der Waals surface area (Å²) in [6.45, 7) is 6.32. The standard InChI is InChI=1S/C8H15O2/c1-2-5-9-6-3-4-8-7-10-8/h8H,1-7H2. The molecule has 2 nitrogen and oxygen atoms in total. The Morgan fingerprint density at radius 3 is 2.90 bits per heavy atom. The van der Waals surface area contributed by atoms with E-state index in [0.29, 0.717) is 6.10 Å². The van der Waals surface area contributed by atoms with Gasteiger partial charge in [0.2, 0.25) is 0 Å². The summed E-state index contributed by atoms with van der Waals surface area (Å²) < 4.78 is 10.3. The van der Waals surface area contributed by atoms with Crippen LogP contribution in [-0.2, 0) is 9.47 Å². The number of ether oxygens (including phenoxy) is 2. The highest BCUT2D eigenvalue weighted by Gasteiger charge is 2.20. The van der Waals surface area contributed by atoms with E-state index in [1.807, 2.05) is 0 Å². The van der Waals surface area contributed by atoms with Gasteiger partial charge in [-0.15, -0.1) is 0 Å². The van der Waals surface area contributed by atoms with Crippen LogP contribution in [0.5, 0.6) is 0 Å². The Morgan fingerprint density at radius 2 is 2.30 bits per heavy atom. The van der Waals surface area contributed by atoms with Crippen LogP contribution in [0.4, 0.5) is 0 Å². The molecule has 0 bridgehead atoms. The first-order chi connectivity index (χ1) is 4.93. The van der Waals surface area contributed by atoms with Crippen LogP contribution >= 0.6 is 0 Å². The number of hydrogen-bond acceptors (Lipinski definition) is 2. The van der Waals surface area contributed by atoms with Gasteiger partial charge in [-0.05, 0) is 19.3 Å². The molecule has 1 aliphatic rings. The van der Waals surface area contributed by atoms with Crippen molar-refractivity contribution in [3.8, 4) is 0 Å². The molecule has 1 aliphatic heterocycles. The predicted molar refractivity (Wildman–Crippen MR) is 39.8 cm³/mol. The van der Waals surface area contributed by atoms with Gasteiger partial charge in [-0.25, -0.2) is 0 Å². The molecule has 1 atom stereocenters. The highest BCUT2D eigenvalue weighted by atomic mass is 16.6. The molecule has 1 radical (unpaired) electrons. The van der Waals surface area contributed by atoms with Crippen LogP contribution in [0.25, 0.3) is 0 Å². The fraction of sp³-hybridized carbons (Fsp3) is 0.875. The van der Waals surface area contributed by atoms with Gasteiger partial charge in [0.15, 0.2) is 0 Å². The largest absolute Gasteiger partial charge is 0.381 e. The van der Waals surface area contributed by atoms with Gasteiger partial charge in [0.05, 0.1) is 12.7 Å². The lowest BCUT2D eigenvalue weighted by atomic mass is 10.3. The van der Waals surface area contributed by atoms with Gasteiger partial charge >= 0.3 is 0 Å². The summed E-state index contributed by atoms with van der Waals surface area (Å²) in [6.07, 6.45) is 3.73. The van der Waals surface area contributed by atoms with Crippen molar-refractivity contribution >= 4 is 0 Å². The first kappa shape index (κ1) is 8.02. The lowest BCUT2D eigenvalue weighted by Gasteiger charge is -1.99. The van der Waals surface area contributed by atoms with Crippen molar-refractivity contribution in [2.24, 2.45) is 0 Å². The number of epoxide rings is 1. The minimum Gasteiger partial charge on any atom is -0.381 e. The van der Waals surface area contributed by atoms with Gasteiger partial charge in [-0.2, -0.15) is 0 Å². The third-order valence-corrected chi connectivity index (χ3v) is 1.51. The second-order valence-electron chi connectivity index (χ2n) is 2.56. The minimum atomic E-state index is 0.559. The molecule has 10 heavy (non-hydrogen) atoms. The maximum Gasteiger partial charge on any atom is 0.0810 e. The molecule has 0 aromatic carbocycles. The lowest BCUT2D eigenvalue weighted by Crippen LogP contribution is -1.97. The molecule has 2 heteroatoms. The fourth-order valence-electron chi connectivity index (χ4n) is 0.852. The van der Waals surface area contributed by atoms with Crippen LogP contribution in [0.1, 0.15) is 19.3 Å². The number of rotatable bonds is 6. The summed E-state index contributed by atoms with van der Waals surface area (Å²) in [5.74, 6) is 0. The SMILES string of the molecule is [CH2]CCOCCCC1CO1. The van der Waals surface area contributed by atoms with Gasteiger partial charge in [0, 0.05) is 13.2 Å². The molecule has 0 aromatic rings. The molecule has 1 fully saturated rings. The minimum absolute atomic E-state index is 0.559. The van der Waals surface area contributed by atoms with E-state index in [1.54, 1.807) is 0 Å². The molecule has 1 unspecified atom stereocenters. The Hall–Kier alpha value is -0.0800. The van der Waals surface area contributed by atoms with E-state index in [1.165, 1.54) is 0 Å². The molecule has 0 aliphatic carbocycles. The van der Waals surface area contributed by atoms with Gasteiger partial charge < -0.3 is 9.47 Å². The molecule has 1 saturated heterocycles. The van der Waals surface area contributed by atoms with E-state index in [0.717, 1.165) is 39.1 Å². The van der Waals surface area contributed by atoms with Crippen LogP contribution in [0.3, 0.4) is 0 Å². The Morgan fingerprint density at radius 1 is 1.50 bits per heavy atom. The first-order valence-electron chi connectivity index (χ1n) is 3.92. The van der Waals surface area contributed by atoms with Crippen molar-refractivity contribution < 1.29 is 9.47 Å². The molecular weight excluding hydrogens is 128 g/mol. The van der Waals surface area contributed by atoms with Crippen molar-refractivity contribution in [1.82, 2.24) is 0 Å². The molecule has 0 amide bonds. The molecule has 1 rings (SSSR count). The fourth-order valence-corrected chi connectivity index (χ4v) is 0.852. The van der Waals surface area contributed by atoms with Crippen molar-refractivity contribution in [2.75, 3.05) is 19.8 Å². The quantitative estimate of drug-likeness (QED) is 0.414. The maximum atomic E-state index is 5.24. The summed E-state index contributed by atoms with van der Waals surface area (Å²) in [5, 5.41) is 0. The van der Waals surface area contributed by atoms with Crippen molar-refractivity contribution in [1.29, 1.82) is 0 Å². The zero-order chi connectivity index (χ0) is 7.23. The van der Waals surface area contributed by atoms with E-state index in [4.69, 9.17) is 9.47 Å². The zero-order valence-corrected chi connectivity index (χ0v) is 6.34. The van der Waals surface area contributed by atoms with Crippen LogP contribution < -0.4 is 0 Å². The Labute approximate surface area is 62.5 Å². The molecule has 0 saturated carbocycles. The van der Waals surface area contributed by atoms with Crippen molar-refractivity contribution in [3.05, 3.63) is 6.92 Å². The van der Waals surface area contributed by atoms with Crippen LogP contribution in [-0.4, -0.2) is 25.9 Å². The summed E-state index contributed by atoms with van der Waals surface area (Å²) in [7, 11) is 0. The average Bonchev–Trinajstić information content (AvgIpc) is 2.71. The molecule has 0 spiro atoms. The Balaban J connectivity index is 1.68. The van der Waals surface area contributed by atoms with E-state index in [9.17, 15) is 0 Å².